The Labute approximate surface area is 235 Å². The molecular weight excluding hydrogens is 535 g/mol. The smallest absolute Gasteiger partial charge is 0.404 e. The van der Waals surface area contributed by atoms with E-state index in [4.69, 9.17) is 10.1 Å². The Bertz CT molecular complexity index is 1390. The Balaban J connectivity index is 0.00000160. The average Bonchev–Trinajstić information content (AvgIpc) is 3.43. The van der Waals surface area contributed by atoms with Crippen molar-refractivity contribution in [1.82, 2.24) is 29.8 Å². The van der Waals surface area contributed by atoms with Crippen LogP contribution in [0.25, 0.3) is 28.1 Å². The van der Waals surface area contributed by atoms with Crippen molar-refractivity contribution in [3.63, 3.8) is 0 Å². The molecule has 0 bridgehead atoms. The van der Waals surface area contributed by atoms with E-state index in [9.17, 15) is 4.79 Å². The molecule has 37 heavy (non-hydrogen) atoms. The first-order valence-electron chi connectivity index (χ1n) is 11.7. The molecule has 0 radical (unpaired) electrons. The van der Waals surface area contributed by atoms with E-state index in [2.05, 4.69) is 84.6 Å². The second-order valence-corrected chi connectivity index (χ2v) is 10.1. The number of carboxylic acid groups (broad SMARTS) is 1. The van der Waals surface area contributed by atoms with E-state index in [-0.39, 0.29) is 54.7 Å². The van der Waals surface area contributed by atoms with Gasteiger partial charge in [0.1, 0.15) is 5.69 Å². The molecule has 1 aliphatic heterocycles. The highest BCUT2D eigenvalue weighted by molar-refractivity contribution is 5.86. The lowest BCUT2D eigenvalue weighted by Crippen LogP contribution is -2.36. The zero-order valence-corrected chi connectivity index (χ0v) is 23.7. The van der Waals surface area contributed by atoms with Gasteiger partial charge in [-0.05, 0) is 42.0 Å². The summed E-state index contributed by atoms with van der Waals surface area (Å²) in [5.74, 6) is 0.710. The minimum Gasteiger partial charge on any atom is -0.465 e. The SMILES string of the molecule is C[C@H](c1ccc2nnc(-c3ccc4cccc(C(C)(C)C)c4n3)n2c1)N1CC[C@H](NC(=O)O)C1.Cl.Cl.Cl. The summed E-state index contributed by atoms with van der Waals surface area (Å²) < 4.78 is 2.00. The Hall–Kier alpha value is -2.65. The minimum absolute atomic E-state index is 0. The van der Waals surface area contributed by atoms with Crippen molar-refractivity contribution in [3.8, 4) is 11.5 Å². The highest BCUT2D eigenvalue weighted by atomic mass is 35.5. The lowest BCUT2D eigenvalue weighted by molar-refractivity contribution is 0.188. The number of hydrogen-bond donors (Lipinski definition) is 2. The second-order valence-electron chi connectivity index (χ2n) is 10.1. The minimum atomic E-state index is -0.965. The van der Waals surface area contributed by atoms with Gasteiger partial charge in [0.25, 0.3) is 0 Å². The monoisotopic (exact) mass is 566 g/mol. The van der Waals surface area contributed by atoms with Crippen LogP contribution in [0.15, 0.2) is 48.7 Å². The topological polar surface area (TPSA) is 95.7 Å². The third-order valence-electron chi connectivity index (χ3n) is 6.76. The van der Waals surface area contributed by atoms with E-state index in [1.807, 2.05) is 16.5 Å². The predicted molar refractivity (Wildman–Crippen MR) is 154 cm³/mol. The molecule has 3 aromatic heterocycles. The van der Waals surface area contributed by atoms with Crippen LogP contribution in [0.5, 0.6) is 0 Å². The van der Waals surface area contributed by atoms with Crippen molar-refractivity contribution in [2.45, 2.75) is 51.6 Å². The third-order valence-corrected chi connectivity index (χ3v) is 6.76. The van der Waals surface area contributed by atoms with Crippen LogP contribution in [0.3, 0.4) is 0 Å². The third kappa shape index (κ3) is 6.09. The summed E-state index contributed by atoms with van der Waals surface area (Å²) in [6.07, 6.45) is 1.93. The molecule has 2 atom stereocenters. The fourth-order valence-electron chi connectivity index (χ4n) is 4.85. The van der Waals surface area contributed by atoms with Crippen molar-refractivity contribution in [3.05, 3.63) is 59.8 Å². The molecule has 1 aliphatic rings. The Morgan fingerprint density at radius 1 is 1.08 bits per heavy atom. The van der Waals surface area contributed by atoms with E-state index in [1.54, 1.807) is 0 Å². The number of amides is 1. The molecule has 4 aromatic rings. The summed E-state index contributed by atoms with van der Waals surface area (Å²) in [6.45, 7) is 10.3. The van der Waals surface area contributed by atoms with Gasteiger partial charge in [0, 0.05) is 36.8 Å². The van der Waals surface area contributed by atoms with Crippen LogP contribution in [-0.2, 0) is 5.41 Å². The van der Waals surface area contributed by atoms with Crippen LogP contribution in [0.2, 0.25) is 0 Å². The van der Waals surface area contributed by atoms with E-state index < -0.39 is 6.09 Å². The second kappa shape index (κ2) is 11.8. The number of para-hydroxylation sites is 1. The maximum atomic E-state index is 11.0. The quantitative estimate of drug-likeness (QED) is 0.318. The summed E-state index contributed by atoms with van der Waals surface area (Å²) in [6, 6.07) is 14.6. The summed E-state index contributed by atoms with van der Waals surface area (Å²) in [5.41, 5.74) is 4.85. The van der Waals surface area contributed by atoms with Crippen LogP contribution < -0.4 is 5.32 Å². The molecule has 0 spiro atoms. The number of pyridine rings is 2. The molecule has 200 valence electrons. The number of nitrogens with zero attached hydrogens (tertiary/aromatic N) is 5. The fraction of sp³-hybridized carbons (Fsp3) is 0.385. The molecule has 1 saturated heterocycles. The van der Waals surface area contributed by atoms with E-state index >= 15 is 0 Å². The molecule has 8 nitrogen and oxygen atoms in total. The van der Waals surface area contributed by atoms with Crippen LogP contribution in [0, 0.1) is 0 Å². The van der Waals surface area contributed by atoms with Gasteiger partial charge in [-0.3, -0.25) is 9.30 Å². The Morgan fingerprint density at radius 3 is 2.54 bits per heavy atom. The normalized spacial score (nSPS) is 16.5. The average molecular weight is 568 g/mol. The van der Waals surface area contributed by atoms with Gasteiger partial charge in [-0.25, -0.2) is 9.78 Å². The Morgan fingerprint density at radius 2 is 1.84 bits per heavy atom. The van der Waals surface area contributed by atoms with Gasteiger partial charge in [0.15, 0.2) is 11.5 Å². The number of benzene rings is 1. The molecule has 11 heteroatoms. The summed E-state index contributed by atoms with van der Waals surface area (Å²) in [7, 11) is 0. The number of rotatable bonds is 4. The van der Waals surface area contributed by atoms with Crippen molar-refractivity contribution >= 4 is 59.9 Å². The van der Waals surface area contributed by atoms with Gasteiger partial charge in [-0.15, -0.1) is 47.4 Å². The van der Waals surface area contributed by atoms with Gasteiger partial charge < -0.3 is 10.4 Å². The lowest BCUT2D eigenvalue weighted by Gasteiger charge is -2.24. The molecular formula is C26H33Cl3N6O2. The largest absolute Gasteiger partial charge is 0.465 e. The maximum absolute atomic E-state index is 11.0. The molecule has 1 fully saturated rings. The molecule has 0 aliphatic carbocycles. The summed E-state index contributed by atoms with van der Waals surface area (Å²) in [5, 5.41) is 21.6. The number of hydrogen-bond acceptors (Lipinski definition) is 5. The number of fused-ring (bicyclic) bond motifs is 2. The van der Waals surface area contributed by atoms with Crippen molar-refractivity contribution in [2.75, 3.05) is 13.1 Å². The van der Waals surface area contributed by atoms with Gasteiger partial charge in [-0.1, -0.05) is 51.1 Å². The van der Waals surface area contributed by atoms with Gasteiger partial charge in [0.05, 0.1) is 5.52 Å². The van der Waals surface area contributed by atoms with Crippen LogP contribution in [-0.4, -0.2) is 54.8 Å². The molecule has 4 heterocycles. The van der Waals surface area contributed by atoms with E-state index in [1.165, 1.54) is 5.56 Å². The number of likely N-dealkylation sites (tertiary alicyclic amines) is 1. The number of nitrogens with one attached hydrogen (secondary N) is 1. The molecule has 5 rings (SSSR count). The van der Waals surface area contributed by atoms with Gasteiger partial charge in [-0.2, -0.15) is 0 Å². The number of aromatic nitrogens is 4. The standard InChI is InChI=1S/C26H30N6O2.3ClH/c1-16(31-13-12-19(15-31)27-25(33)34)18-9-11-22-29-30-24(32(22)14-18)21-10-8-17-6-5-7-20(23(17)28-21)26(2,3)4;;;/h5-11,14,16,19,27H,12-13,15H2,1-4H3,(H,33,34);3*1H/t16-,19+;;;/m1.../s1. The first kappa shape index (κ1) is 30.6. The zero-order chi connectivity index (χ0) is 24.0. The van der Waals surface area contributed by atoms with E-state index in [0.29, 0.717) is 12.4 Å². The number of carbonyl (C=O) groups is 1. The van der Waals surface area contributed by atoms with Gasteiger partial charge in [0.2, 0.25) is 0 Å². The molecule has 2 N–H and O–H groups in total. The summed E-state index contributed by atoms with van der Waals surface area (Å²) >= 11 is 0. The molecule has 0 unspecified atom stereocenters. The van der Waals surface area contributed by atoms with Gasteiger partial charge >= 0.3 is 6.09 Å². The fourth-order valence-corrected chi connectivity index (χ4v) is 4.85. The first-order chi connectivity index (χ1) is 16.2. The lowest BCUT2D eigenvalue weighted by atomic mass is 9.85. The summed E-state index contributed by atoms with van der Waals surface area (Å²) in [4.78, 5) is 18.3. The maximum Gasteiger partial charge on any atom is 0.404 e. The van der Waals surface area contributed by atoms with E-state index in [0.717, 1.165) is 40.8 Å². The molecule has 1 aromatic carbocycles. The molecule has 0 saturated carbocycles. The zero-order valence-electron chi connectivity index (χ0n) is 21.2. The number of halogens is 3. The Kier molecular flexibility index (Phi) is 9.76. The van der Waals surface area contributed by atoms with Crippen molar-refractivity contribution in [2.24, 2.45) is 0 Å². The van der Waals surface area contributed by atoms with Crippen LogP contribution in [0.1, 0.15) is 51.3 Å². The van der Waals surface area contributed by atoms with Crippen LogP contribution in [0.4, 0.5) is 4.79 Å². The first-order valence-corrected chi connectivity index (χ1v) is 11.7. The highest BCUT2D eigenvalue weighted by Crippen LogP contribution is 2.31. The highest BCUT2D eigenvalue weighted by Gasteiger charge is 2.28. The van der Waals surface area contributed by atoms with Crippen molar-refractivity contribution < 1.29 is 9.90 Å². The van der Waals surface area contributed by atoms with Crippen molar-refractivity contribution in [1.29, 1.82) is 0 Å². The van der Waals surface area contributed by atoms with Crippen LogP contribution >= 0.6 is 37.2 Å². The molecule has 1 amide bonds. The predicted octanol–water partition coefficient (Wildman–Crippen LogP) is 5.91.